The third-order valence-corrected chi connectivity index (χ3v) is 4.77. The topological polar surface area (TPSA) is 69.6 Å². The number of benzene rings is 2. The number of phenolic OH excluding ortho intramolecular Hbond substituents is 1. The van der Waals surface area contributed by atoms with Crippen molar-refractivity contribution in [2.24, 2.45) is 0 Å². The molecule has 3 N–H and O–H groups in total. The van der Waals surface area contributed by atoms with Crippen molar-refractivity contribution < 1.29 is 15.0 Å². The van der Waals surface area contributed by atoms with Crippen LogP contribution in [-0.4, -0.2) is 22.7 Å². The van der Waals surface area contributed by atoms with Gasteiger partial charge in [0.15, 0.2) is 0 Å². The molecule has 0 saturated carbocycles. The molecule has 4 heteroatoms. The molecule has 4 nitrogen and oxygen atoms in total. The zero-order chi connectivity index (χ0) is 17.2. The van der Waals surface area contributed by atoms with Crippen molar-refractivity contribution in [3.05, 3.63) is 64.7 Å². The summed E-state index contributed by atoms with van der Waals surface area (Å²) in [7, 11) is 0. The van der Waals surface area contributed by atoms with Crippen LogP contribution < -0.4 is 5.32 Å². The molecule has 1 aliphatic rings. The molecular formula is C20H23NO3. The lowest BCUT2D eigenvalue weighted by Crippen LogP contribution is -2.43. The largest absolute Gasteiger partial charge is 0.508 e. The molecule has 0 aromatic heterocycles. The monoisotopic (exact) mass is 325 g/mol. The fraction of sp³-hybridized carbons (Fsp3) is 0.350. The molecule has 126 valence electrons. The van der Waals surface area contributed by atoms with Crippen molar-refractivity contribution in [2.75, 3.05) is 6.54 Å². The van der Waals surface area contributed by atoms with Gasteiger partial charge < -0.3 is 15.5 Å². The Bertz CT molecular complexity index is 756. The van der Waals surface area contributed by atoms with Crippen LogP contribution in [0.5, 0.6) is 5.75 Å². The molecule has 0 radical (unpaired) electrons. The summed E-state index contributed by atoms with van der Waals surface area (Å²) in [6.07, 6.45) is 2.71. The number of carbonyl (C=O) groups is 1. The fourth-order valence-electron chi connectivity index (χ4n) is 3.34. The highest BCUT2D eigenvalue weighted by Gasteiger charge is 2.34. The second-order valence-electron chi connectivity index (χ2n) is 6.62. The summed E-state index contributed by atoms with van der Waals surface area (Å²) in [5, 5.41) is 23.5. The second-order valence-corrected chi connectivity index (χ2v) is 6.62. The van der Waals surface area contributed by atoms with Gasteiger partial charge in [-0.25, -0.2) is 0 Å². The average molecular weight is 325 g/mol. The van der Waals surface area contributed by atoms with Gasteiger partial charge in [-0.05, 0) is 54.5 Å². The van der Waals surface area contributed by atoms with Crippen molar-refractivity contribution >= 4 is 5.91 Å². The van der Waals surface area contributed by atoms with Crippen molar-refractivity contribution in [3.63, 3.8) is 0 Å². The van der Waals surface area contributed by atoms with Gasteiger partial charge in [-0.15, -0.1) is 0 Å². The van der Waals surface area contributed by atoms with E-state index >= 15 is 0 Å². The smallest absolute Gasteiger partial charge is 0.224 e. The van der Waals surface area contributed by atoms with Gasteiger partial charge in [0.25, 0.3) is 0 Å². The van der Waals surface area contributed by atoms with Crippen LogP contribution in [0.25, 0.3) is 0 Å². The first-order valence-electron chi connectivity index (χ1n) is 8.34. The molecule has 0 heterocycles. The molecule has 24 heavy (non-hydrogen) atoms. The summed E-state index contributed by atoms with van der Waals surface area (Å²) in [6.45, 7) is 2.02. The SMILES string of the molecule is Cc1ccc(CC(=O)NCC2(O)CCCc3ccccc32)cc1O. The number of hydrogen-bond acceptors (Lipinski definition) is 3. The molecule has 0 spiro atoms. The second kappa shape index (κ2) is 6.65. The van der Waals surface area contributed by atoms with Crippen LogP contribution in [-0.2, 0) is 23.2 Å². The van der Waals surface area contributed by atoms with Crippen LogP contribution in [0.1, 0.15) is 35.1 Å². The maximum atomic E-state index is 12.2. The van der Waals surface area contributed by atoms with E-state index < -0.39 is 5.60 Å². The summed E-state index contributed by atoms with van der Waals surface area (Å²) >= 11 is 0. The van der Waals surface area contributed by atoms with E-state index in [-0.39, 0.29) is 24.6 Å². The van der Waals surface area contributed by atoms with Crippen molar-refractivity contribution in [2.45, 2.75) is 38.2 Å². The molecule has 1 atom stereocenters. The minimum atomic E-state index is -1.00. The lowest BCUT2D eigenvalue weighted by Gasteiger charge is -2.34. The van der Waals surface area contributed by atoms with Crippen LogP contribution >= 0.6 is 0 Å². The Kier molecular flexibility index (Phi) is 4.58. The maximum Gasteiger partial charge on any atom is 0.224 e. The number of fused-ring (bicyclic) bond motifs is 1. The van der Waals surface area contributed by atoms with Crippen molar-refractivity contribution in [1.29, 1.82) is 0 Å². The molecule has 3 rings (SSSR count). The minimum absolute atomic E-state index is 0.158. The Morgan fingerprint density at radius 2 is 2.04 bits per heavy atom. The fourth-order valence-corrected chi connectivity index (χ4v) is 3.34. The number of phenols is 1. The first-order chi connectivity index (χ1) is 11.5. The zero-order valence-corrected chi connectivity index (χ0v) is 13.9. The first kappa shape index (κ1) is 16.5. The molecule has 0 bridgehead atoms. The van der Waals surface area contributed by atoms with Crippen molar-refractivity contribution in [3.8, 4) is 5.75 Å². The Morgan fingerprint density at radius 3 is 2.83 bits per heavy atom. The van der Waals surface area contributed by atoms with E-state index in [2.05, 4.69) is 5.32 Å². The van der Waals surface area contributed by atoms with Gasteiger partial charge in [0.05, 0.1) is 13.0 Å². The number of amides is 1. The highest BCUT2D eigenvalue weighted by atomic mass is 16.3. The molecule has 2 aromatic carbocycles. The van der Waals surface area contributed by atoms with Crippen LogP contribution in [0.15, 0.2) is 42.5 Å². The predicted molar refractivity (Wildman–Crippen MR) is 92.8 cm³/mol. The van der Waals surface area contributed by atoms with E-state index in [1.165, 1.54) is 0 Å². The van der Waals surface area contributed by atoms with Gasteiger partial charge in [-0.3, -0.25) is 4.79 Å². The van der Waals surface area contributed by atoms with E-state index in [4.69, 9.17) is 0 Å². The average Bonchev–Trinajstić information content (AvgIpc) is 2.57. The van der Waals surface area contributed by atoms with Crippen LogP contribution in [0.2, 0.25) is 0 Å². The van der Waals surface area contributed by atoms with Crippen molar-refractivity contribution in [1.82, 2.24) is 5.32 Å². The summed E-state index contributed by atoms with van der Waals surface area (Å²) in [5.74, 6) is 0.0369. The van der Waals surface area contributed by atoms with Crippen LogP contribution in [0.4, 0.5) is 0 Å². The first-order valence-corrected chi connectivity index (χ1v) is 8.34. The van der Waals surface area contributed by atoms with Gasteiger partial charge in [-0.1, -0.05) is 36.4 Å². The third-order valence-electron chi connectivity index (χ3n) is 4.77. The maximum absolute atomic E-state index is 12.2. The highest BCUT2D eigenvalue weighted by molar-refractivity contribution is 5.78. The predicted octanol–water partition coefficient (Wildman–Crippen LogP) is 2.58. The van der Waals surface area contributed by atoms with E-state index in [0.717, 1.165) is 35.1 Å². The van der Waals surface area contributed by atoms with Gasteiger partial charge >= 0.3 is 0 Å². The van der Waals surface area contributed by atoms with Crippen LogP contribution in [0, 0.1) is 6.92 Å². The summed E-state index contributed by atoms with van der Waals surface area (Å²) in [4.78, 5) is 12.2. The number of carbonyl (C=O) groups excluding carboxylic acids is 1. The number of nitrogens with one attached hydrogen (secondary N) is 1. The number of aromatic hydroxyl groups is 1. The Morgan fingerprint density at radius 1 is 1.25 bits per heavy atom. The third kappa shape index (κ3) is 3.44. The van der Waals surface area contributed by atoms with E-state index in [1.54, 1.807) is 12.1 Å². The quantitative estimate of drug-likeness (QED) is 0.809. The minimum Gasteiger partial charge on any atom is -0.508 e. The van der Waals surface area contributed by atoms with E-state index in [0.29, 0.717) is 6.42 Å². The number of hydrogen-bond donors (Lipinski definition) is 3. The molecule has 1 unspecified atom stereocenters. The molecule has 1 amide bonds. The molecular weight excluding hydrogens is 302 g/mol. The normalized spacial score (nSPS) is 19.6. The van der Waals surface area contributed by atoms with E-state index in [9.17, 15) is 15.0 Å². The number of aryl methyl sites for hydroxylation is 2. The lowest BCUT2D eigenvalue weighted by atomic mass is 9.79. The van der Waals surface area contributed by atoms with Gasteiger partial charge in [0.1, 0.15) is 11.4 Å². The van der Waals surface area contributed by atoms with E-state index in [1.807, 2.05) is 37.3 Å². The molecule has 0 saturated heterocycles. The molecule has 1 aliphatic carbocycles. The van der Waals surface area contributed by atoms with Gasteiger partial charge in [0, 0.05) is 0 Å². The molecule has 2 aromatic rings. The van der Waals surface area contributed by atoms with Crippen LogP contribution in [0.3, 0.4) is 0 Å². The number of aliphatic hydroxyl groups is 1. The molecule has 0 fully saturated rings. The highest BCUT2D eigenvalue weighted by Crippen LogP contribution is 2.34. The summed E-state index contributed by atoms with van der Waals surface area (Å²) < 4.78 is 0. The van der Waals surface area contributed by atoms with Gasteiger partial charge in [0.2, 0.25) is 5.91 Å². The number of rotatable bonds is 4. The standard InChI is InChI=1S/C20H23NO3/c1-14-8-9-15(11-18(14)22)12-19(23)21-13-20(24)10-4-6-16-5-2-3-7-17(16)20/h2-3,5,7-9,11,22,24H,4,6,10,12-13H2,1H3,(H,21,23). The zero-order valence-electron chi connectivity index (χ0n) is 13.9. The molecule has 0 aliphatic heterocycles. The Hall–Kier alpha value is -2.33. The lowest BCUT2D eigenvalue weighted by molar-refractivity contribution is -0.122. The summed E-state index contributed by atoms with van der Waals surface area (Å²) in [5.41, 5.74) is 2.62. The Labute approximate surface area is 142 Å². The van der Waals surface area contributed by atoms with Gasteiger partial charge in [-0.2, -0.15) is 0 Å². The Balaban J connectivity index is 1.65. The summed E-state index contributed by atoms with van der Waals surface area (Å²) in [6, 6.07) is 13.1.